The molecule has 9 aromatic rings. The van der Waals surface area contributed by atoms with Crippen LogP contribution in [-0.2, 0) is 24.2 Å². The highest BCUT2D eigenvalue weighted by atomic mass is 35.5. The van der Waals surface area contributed by atoms with Gasteiger partial charge in [-0.15, -0.1) is 24.8 Å². The maximum absolute atomic E-state index is 12.5. The van der Waals surface area contributed by atoms with Crippen LogP contribution in [0.1, 0.15) is 27.8 Å². The molecule has 2 aliphatic rings. The molecule has 10 nitrogen and oxygen atoms in total. The van der Waals surface area contributed by atoms with Crippen molar-refractivity contribution in [2.75, 3.05) is 62.2 Å². The Labute approximate surface area is 384 Å². The summed E-state index contributed by atoms with van der Waals surface area (Å²) < 4.78 is 17.5. The van der Waals surface area contributed by atoms with Gasteiger partial charge in [0, 0.05) is 52.4 Å². The molecule has 326 valence electrons. The van der Waals surface area contributed by atoms with Crippen molar-refractivity contribution in [3.8, 4) is 0 Å². The number of piperazine rings is 2. The highest BCUT2D eigenvalue weighted by molar-refractivity contribution is 5.87. The van der Waals surface area contributed by atoms with E-state index in [1.165, 1.54) is 43.8 Å². The summed E-state index contributed by atoms with van der Waals surface area (Å²) in [5.74, 6) is 0. The summed E-state index contributed by atoms with van der Waals surface area (Å²) in [6.07, 6.45) is 1.45. The molecule has 0 spiro atoms. The summed E-state index contributed by atoms with van der Waals surface area (Å²) in [4.78, 5) is 28.0. The maximum atomic E-state index is 12.5. The van der Waals surface area contributed by atoms with Crippen LogP contribution in [0.5, 0.6) is 0 Å². The number of benzene rings is 7. The zero-order valence-electron chi connectivity index (χ0n) is 35.4. The molecule has 1 N–H and O–H groups in total. The molecule has 2 aromatic heterocycles. The third kappa shape index (κ3) is 9.95. The largest absolute Gasteiger partial charge is 0.445 e. The van der Waals surface area contributed by atoms with Gasteiger partial charge in [0.05, 0.1) is 0 Å². The molecule has 11 rings (SSSR count). The average Bonchev–Trinajstić information content (AvgIpc) is 3.97. The first-order chi connectivity index (χ1) is 30.6. The number of fused-ring (bicyclic) bond motifs is 4. The predicted octanol–water partition coefficient (Wildman–Crippen LogP) is 10.9. The first kappa shape index (κ1) is 44.0. The van der Waals surface area contributed by atoms with Crippen molar-refractivity contribution < 1.29 is 18.4 Å². The Morgan fingerprint density at radius 2 is 1.02 bits per heavy atom. The first-order valence-electron chi connectivity index (χ1n) is 21.5. The van der Waals surface area contributed by atoms with Crippen molar-refractivity contribution in [3.05, 3.63) is 179 Å². The molecule has 0 bridgehead atoms. The van der Waals surface area contributed by atoms with E-state index in [2.05, 4.69) is 130 Å². The first-order valence-corrected chi connectivity index (χ1v) is 21.5. The minimum Gasteiger partial charge on any atom is -0.445 e. The van der Waals surface area contributed by atoms with Gasteiger partial charge in [0.1, 0.15) is 17.6 Å². The van der Waals surface area contributed by atoms with Gasteiger partial charge in [-0.3, -0.25) is 0 Å². The lowest BCUT2D eigenvalue weighted by Gasteiger charge is -2.33. The van der Waals surface area contributed by atoms with Crippen LogP contribution < -0.4 is 15.1 Å². The number of nitrogens with zero attached hydrogens (tertiary/aromatic N) is 5. The summed E-state index contributed by atoms with van der Waals surface area (Å²) in [6.45, 7) is 6.55. The van der Waals surface area contributed by atoms with Gasteiger partial charge in [0.2, 0.25) is 0 Å². The standard InChI is InChI=1S/C30H27N3O3.C22H21N3O.2ClH/c34-30(35-21-22-7-2-1-3-8-22)33-17-15-32(16-18-33)29-31-27-20-23(13-14-28(27)36-29)19-25-11-6-10-24-9-4-5-12-26(24)25;1-2-7-19-17(4-1)5-3-6-18(19)14-16-8-9-21-20(15-16)24-22(26-21)25-12-10-23-11-13-25;;/h1-14,20H,15-19,21H2;1-9,15,23H,10-14H2;2*1H. The Hall–Kier alpha value is -6.59. The molecule has 12 heteroatoms. The van der Waals surface area contributed by atoms with Crippen LogP contribution in [0.4, 0.5) is 16.8 Å². The number of carbonyl (C=O) groups excluding carboxylic acids is 1. The maximum Gasteiger partial charge on any atom is 0.410 e. The van der Waals surface area contributed by atoms with Crippen molar-refractivity contribution in [1.29, 1.82) is 0 Å². The van der Waals surface area contributed by atoms with E-state index in [0.29, 0.717) is 32.2 Å². The van der Waals surface area contributed by atoms with Gasteiger partial charge in [-0.2, -0.15) is 9.97 Å². The van der Waals surface area contributed by atoms with Crippen LogP contribution in [-0.4, -0.2) is 73.3 Å². The fourth-order valence-electron chi connectivity index (χ4n) is 8.49. The SMILES string of the molecule is Cl.Cl.O=C(OCc1ccccc1)N1CCN(c2nc3cc(Cc4cccc5ccccc45)ccc3o2)CC1.c1ccc2c(Cc3ccc4oc(N5CCNCC5)nc4c3)cccc2c1. The summed E-state index contributed by atoms with van der Waals surface area (Å²) in [7, 11) is 0. The van der Waals surface area contributed by atoms with Crippen LogP contribution in [0.15, 0.2) is 160 Å². The molecular weight excluding hydrogens is 844 g/mol. The van der Waals surface area contributed by atoms with Crippen molar-refractivity contribution >= 4 is 86.7 Å². The third-order valence-corrected chi connectivity index (χ3v) is 11.8. The fraction of sp³-hybridized carbons (Fsp3) is 0.212. The molecule has 0 saturated carbocycles. The van der Waals surface area contributed by atoms with E-state index < -0.39 is 0 Å². The predicted molar refractivity (Wildman–Crippen MR) is 262 cm³/mol. The Kier molecular flexibility index (Phi) is 14.0. The van der Waals surface area contributed by atoms with Gasteiger partial charge in [0.25, 0.3) is 12.0 Å². The topological polar surface area (TPSA) is 100 Å². The second-order valence-corrected chi connectivity index (χ2v) is 16.0. The van der Waals surface area contributed by atoms with E-state index in [0.717, 1.165) is 72.8 Å². The normalized spacial score (nSPS) is 13.9. The molecule has 0 aliphatic carbocycles. The molecule has 2 fully saturated rings. The van der Waals surface area contributed by atoms with E-state index in [1.807, 2.05) is 36.4 Å². The number of nitrogens with one attached hydrogen (secondary N) is 1. The third-order valence-electron chi connectivity index (χ3n) is 11.8. The smallest absolute Gasteiger partial charge is 0.410 e. The molecule has 0 radical (unpaired) electrons. The van der Waals surface area contributed by atoms with Crippen LogP contribution >= 0.6 is 24.8 Å². The number of halogens is 2. The van der Waals surface area contributed by atoms with Crippen molar-refractivity contribution in [3.63, 3.8) is 0 Å². The lowest BCUT2D eigenvalue weighted by atomic mass is 9.98. The summed E-state index contributed by atoms with van der Waals surface area (Å²) in [6, 6.07) is 53.6. The number of amides is 1. The Balaban J connectivity index is 0.000000178. The number of anilines is 2. The van der Waals surface area contributed by atoms with E-state index in [-0.39, 0.29) is 37.5 Å². The lowest BCUT2D eigenvalue weighted by Crippen LogP contribution is -2.49. The van der Waals surface area contributed by atoms with Gasteiger partial charge in [-0.1, -0.05) is 127 Å². The lowest BCUT2D eigenvalue weighted by molar-refractivity contribution is 0.0938. The van der Waals surface area contributed by atoms with Gasteiger partial charge >= 0.3 is 6.09 Å². The van der Waals surface area contributed by atoms with Crippen molar-refractivity contribution in [1.82, 2.24) is 20.2 Å². The van der Waals surface area contributed by atoms with E-state index >= 15 is 0 Å². The monoisotopic (exact) mass is 892 g/mol. The summed E-state index contributed by atoms with van der Waals surface area (Å²) >= 11 is 0. The summed E-state index contributed by atoms with van der Waals surface area (Å²) in [5, 5.41) is 8.49. The number of rotatable bonds is 8. The highest BCUT2D eigenvalue weighted by Crippen LogP contribution is 2.28. The second kappa shape index (κ2) is 20.3. The van der Waals surface area contributed by atoms with Crippen LogP contribution in [0.3, 0.4) is 0 Å². The van der Waals surface area contributed by atoms with Gasteiger partial charge in [0.15, 0.2) is 11.2 Å². The number of oxazole rings is 2. The average molecular weight is 894 g/mol. The van der Waals surface area contributed by atoms with E-state index in [4.69, 9.17) is 23.5 Å². The molecule has 2 saturated heterocycles. The minimum absolute atomic E-state index is 0. The number of hydrogen-bond acceptors (Lipinski definition) is 9. The molecule has 64 heavy (non-hydrogen) atoms. The van der Waals surface area contributed by atoms with Crippen molar-refractivity contribution in [2.45, 2.75) is 19.4 Å². The number of carbonyl (C=O) groups is 1. The Morgan fingerprint density at radius 3 is 1.56 bits per heavy atom. The quantitative estimate of drug-likeness (QED) is 0.160. The van der Waals surface area contributed by atoms with Crippen LogP contribution in [0.25, 0.3) is 43.7 Å². The van der Waals surface area contributed by atoms with Gasteiger partial charge in [-0.05, 0) is 86.5 Å². The van der Waals surface area contributed by atoms with E-state index in [9.17, 15) is 4.79 Å². The number of aromatic nitrogens is 2. The Morgan fingerprint density at radius 1 is 0.531 bits per heavy atom. The Bertz CT molecular complexity index is 2970. The van der Waals surface area contributed by atoms with Gasteiger partial charge < -0.3 is 33.6 Å². The highest BCUT2D eigenvalue weighted by Gasteiger charge is 2.25. The van der Waals surface area contributed by atoms with E-state index in [1.54, 1.807) is 4.90 Å². The number of ether oxygens (including phenoxy) is 1. The number of hydrogen-bond donors (Lipinski definition) is 1. The molecule has 0 atom stereocenters. The molecule has 7 aromatic carbocycles. The molecule has 0 unspecified atom stereocenters. The molecular formula is C52H50Cl2N6O4. The summed E-state index contributed by atoms with van der Waals surface area (Å²) in [5.41, 5.74) is 9.51. The zero-order valence-corrected chi connectivity index (χ0v) is 37.0. The van der Waals surface area contributed by atoms with Crippen molar-refractivity contribution in [2.24, 2.45) is 0 Å². The van der Waals surface area contributed by atoms with Crippen LogP contribution in [0, 0.1) is 0 Å². The fourth-order valence-corrected chi connectivity index (χ4v) is 8.49. The molecule has 1 amide bonds. The van der Waals surface area contributed by atoms with Gasteiger partial charge in [-0.25, -0.2) is 4.79 Å². The zero-order chi connectivity index (χ0) is 41.7. The molecule has 2 aliphatic heterocycles. The van der Waals surface area contributed by atoms with Crippen LogP contribution in [0.2, 0.25) is 0 Å². The molecule has 4 heterocycles. The second-order valence-electron chi connectivity index (χ2n) is 16.0. The minimum atomic E-state index is -0.283.